The van der Waals surface area contributed by atoms with E-state index in [1.807, 2.05) is 0 Å². The first-order valence-corrected chi connectivity index (χ1v) is 7.43. The summed E-state index contributed by atoms with van der Waals surface area (Å²) >= 11 is 0. The third-order valence-corrected chi connectivity index (χ3v) is 4.21. The fourth-order valence-electron chi connectivity index (χ4n) is 2.65. The van der Waals surface area contributed by atoms with Gasteiger partial charge in [-0.3, -0.25) is 4.79 Å². The molecule has 0 radical (unpaired) electrons. The van der Waals surface area contributed by atoms with Crippen LogP contribution >= 0.6 is 0 Å². The molecule has 0 spiro atoms. The number of amides is 1. The molecule has 0 aromatic heterocycles. The predicted molar refractivity (Wildman–Crippen MR) is 77.0 cm³/mol. The number of hydrogen-bond donors (Lipinski definition) is 2. The molecule has 0 atom stereocenters. The summed E-state index contributed by atoms with van der Waals surface area (Å²) in [5, 5.41) is 6.13. The molecule has 20 heavy (non-hydrogen) atoms. The lowest BCUT2D eigenvalue weighted by molar-refractivity contribution is -0.120. The van der Waals surface area contributed by atoms with E-state index < -0.39 is 0 Å². The second-order valence-corrected chi connectivity index (χ2v) is 6.09. The predicted octanol–water partition coefficient (Wildman–Crippen LogP) is 2.85. The monoisotopic (exact) mass is 276 g/mol. The fraction of sp³-hybridized carbons (Fsp3) is 0.562. The van der Waals surface area contributed by atoms with Gasteiger partial charge < -0.3 is 10.6 Å². The molecular weight excluding hydrogens is 255 g/mol. The Hall–Kier alpha value is -1.58. The van der Waals surface area contributed by atoms with E-state index in [4.69, 9.17) is 0 Å². The average Bonchev–Trinajstić information content (AvgIpc) is 3.28. The van der Waals surface area contributed by atoms with Crippen molar-refractivity contribution in [1.82, 2.24) is 5.32 Å². The van der Waals surface area contributed by atoms with Crippen molar-refractivity contribution in [3.63, 3.8) is 0 Å². The highest BCUT2D eigenvalue weighted by atomic mass is 19.1. The second-order valence-electron chi connectivity index (χ2n) is 6.09. The van der Waals surface area contributed by atoms with Crippen LogP contribution in [0.3, 0.4) is 0 Å². The van der Waals surface area contributed by atoms with Crippen molar-refractivity contribution in [2.24, 2.45) is 11.8 Å². The average molecular weight is 276 g/mol. The van der Waals surface area contributed by atoms with Crippen molar-refractivity contribution >= 4 is 11.6 Å². The molecule has 2 aliphatic rings. The van der Waals surface area contributed by atoms with Crippen LogP contribution in [-0.4, -0.2) is 18.5 Å². The highest BCUT2D eigenvalue weighted by molar-refractivity contribution is 5.81. The summed E-state index contributed by atoms with van der Waals surface area (Å²) in [7, 11) is 0. The first-order chi connectivity index (χ1) is 9.63. The molecule has 1 aromatic carbocycles. The Morgan fingerprint density at radius 3 is 2.50 bits per heavy atom. The topological polar surface area (TPSA) is 41.1 Å². The summed E-state index contributed by atoms with van der Waals surface area (Å²) in [5.74, 6) is 1.16. The van der Waals surface area contributed by atoms with Crippen LogP contribution in [0.1, 0.15) is 31.2 Å². The standard InChI is InChI=1S/C16H21FN2O/c1-10-2-7-13(8-14(10)17)18-9-15(20)19-16(11-3-4-11)12-5-6-12/h2,7-8,11-12,16,18H,3-6,9H2,1H3,(H,19,20). The van der Waals surface area contributed by atoms with Gasteiger partial charge in [-0.2, -0.15) is 0 Å². The molecule has 1 amide bonds. The zero-order valence-electron chi connectivity index (χ0n) is 11.8. The van der Waals surface area contributed by atoms with Crippen LogP contribution in [0.25, 0.3) is 0 Å². The van der Waals surface area contributed by atoms with E-state index in [1.54, 1.807) is 19.1 Å². The largest absolute Gasteiger partial charge is 0.376 e. The maximum absolute atomic E-state index is 13.4. The molecule has 2 aliphatic carbocycles. The molecule has 0 heterocycles. The van der Waals surface area contributed by atoms with E-state index in [2.05, 4.69) is 10.6 Å². The van der Waals surface area contributed by atoms with Crippen molar-refractivity contribution in [2.75, 3.05) is 11.9 Å². The Morgan fingerprint density at radius 1 is 1.30 bits per heavy atom. The Kier molecular flexibility index (Phi) is 3.64. The van der Waals surface area contributed by atoms with Gasteiger partial charge >= 0.3 is 0 Å². The SMILES string of the molecule is Cc1ccc(NCC(=O)NC(C2CC2)C2CC2)cc1F. The number of aryl methyl sites for hydroxylation is 1. The zero-order chi connectivity index (χ0) is 14.1. The highest BCUT2D eigenvalue weighted by Gasteiger charge is 2.42. The van der Waals surface area contributed by atoms with Gasteiger partial charge in [0.15, 0.2) is 0 Å². The van der Waals surface area contributed by atoms with Crippen LogP contribution < -0.4 is 10.6 Å². The second kappa shape index (κ2) is 5.43. The van der Waals surface area contributed by atoms with Gasteiger partial charge in [-0.1, -0.05) is 6.07 Å². The number of benzene rings is 1. The van der Waals surface area contributed by atoms with E-state index in [-0.39, 0.29) is 18.3 Å². The number of carbonyl (C=O) groups excluding carboxylic acids is 1. The van der Waals surface area contributed by atoms with Crippen LogP contribution in [-0.2, 0) is 4.79 Å². The van der Waals surface area contributed by atoms with Crippen molar-refractivity contribution in [3.8, 4) is 0 Å². The number of nitrogens with one attached hydrogen (secondary N) is 2. The summed E-state index contributed by atoms with van der Waals surface area (Å²) in [6.45, 7) is 1.93. The number of hydrogen-bond acceptors (Lipinski definition) is 2. The van der Waals surface area contributed by atoms with Crippen molar-refractivity contribution in [3.05, 3.63) is 29.6 Å². The van der Waals surface area contributed by atoms with Gasteiger partial charge in [0.25, 0.3) is 0 Å². The van der Waals surface area contributed by atoms with Gasteiger partial charge in [0, 0.05) is 11.7 Å². The van der Waals surface area contributed by atoms with E-state index in [9.17, 15) is 9.18 Å². The summed E-state index contributed by atoms with van der Waals surface area (Å²) in [6.07, 6.45) is 4.99. The molecule has 2 fully saturated rings. The normalized spacial score (nSPS) is 18.1. The van der Waals surface area contributed by atoms with E-state index >= 15 is 0 Å². The van der Waals surface area contributed by atoms with Gasteiger partial charge in [-0.25, -0.2) is 4.39 Å². The number of carbonyl (C=O) groups is 1. The molecule has 1 aromatic rings. The van der Waals surface area contributed by atoms with E-state index in [1.165, 1.54) is 31.7 Å². The minimum Gasteiger partial charge on any atom is -0.376 e. The van der Waals surface area contributed by atoms with Crippen molar-refractivity contribution < 1.29 is 9.18 Å². The Bertz CT molecular complexity index is 497. The third kappa shape index (κ3) is 3.30. The van der Waals surface area contributed by atoms with Gasteiger partial charge in [-0.05, 0) is 62.1 Å². The minimum absolute atomic E-state index is 0.00906. The molecule has 2 saturated carbocycles. The van der Waals surface area contributed by atoms with Gasteiger partial charge in [0.1, 0.15) is 5.82 Å². The molecular formula is C16H21FN2O. The van der Waals surface area contributed by atoms with Crippen molar-refractivity contribution in [1.29, 1.82) is 0 Å². The molecule has 108 valence electrons. The third-order valence-electron chi connectivity index (χ3n) is 4.21. The fourth-order valence-corrected chi connectivity index (χ4v) is 2.65. The lowest BCUT2D eigenvalue weighted by Crippen LogP contribution is -2.41. The summed E-state index contributed by atoms with van der Waals surface area (Å²) in [4.78, 5) is 12.0. The lowest BCUT2D eigenvalue weighted by atomic mass is 10.1. The number of anilines is 1. The van der Waals surface area contributed by atoms with Crippen molar-refractivity contribution in [2.45, 2.75) is 38.6 Å². The van der Waals surface area contributed by atoms with Crippen LogP contribution in [0.2, 0.25) is 0 Å². The van der Waals surface area contributed by atoms with Gasteiger partial charge in [0.05, 0.1) is 6.54 Å². The maximum Gasteiger partial charge on any atom is 0.239 e. The molecule has 4 heteroatoms. The minimum atomic E-state index is -0.246. The van der Waals surface area contributed by atoms with E-state index in [0.717, 1.165) is 0 Å². The first kappa shape index (κ1) is 13.4. The summed E-state index contributed by atoms with van der Waals surface area (Å²) in [5.41, 5.74) is 1.26. The van der Waals surface area contributed by atoms with Gasteiger partial charge in [-0.15, -0.1) is 0 Å². The molecule has 2 N–H and O–H groups in total. The zero-order valence-corrected chi connectivity index (χ0v) is 11.8. The van der Waals surface area contributed by atoms with Crippen LogP contribution in [0.4, 0.5) is 10.1 Å². The Balaban J connectivity index is 1.49. The molecule has 0 saturated heterocycles. The Labute approximate surface area is 118 Å². The summed E-state index contributed by atoms with van der Waals surface area (Å²) in [6, 6.07) is 5.32. The highest BCUT2D eigenvalue weighted by Crippen LogP contribution is 2.44. The molecule has 0 aliphatic heterocycles. The molecule has 0 unspecified atom stereocenters. The van der Waals surface area contributed by atoms with Crippen LogP contribution in [0.5, 0.6) is 0 Å². The maximum atomic E-state index is 13.4. The summed E-state index contributed by atoms with van der Waals surface area (Å²) < 4.78 is 13.4. The first-order valence-electron chi connectivity index (χ1n) is 7.43. The van der Waals surface area contributed by atoms with E-state index in [0.29, 0.717) is 29.1 Å². The smallest absolute Gasteiger partial charge is 0.239 e. The quantitative estimate of drug-likeness (QED) is 0.839. The molecule has 3 rings (SSSR count). The molecule has 3 nitrogen and oxygen atoms in total. The van der Waals surface area contributed by atoms with Gasteiger partial charge in [0.2, 0.25) is 5.91 Å². The number of halogens is 1. The lowest BCUT2D eigenvalue weighted by Gasteiger charge is -2.18. The van der Waals surface area contributed by atoms with Crippen LogP contribution in [0, 0.1) is 24.6 Å². The Morgan fingerprint density at radius 2 is 1.95 bits per heavy atom. The van der Waals surface area contributed by atoms with Crippen LogP contribution in [0.15, 0.2) is 18.2 Å². The number of rotatable bonds is 6. The molecule has 0 bridgehead atoms.